The van der Waals surface area contributed by atoms with Gasteiger partial charge in [-0.3, -0.25) is 9.80 Å². The summed E-state index contributed by atoms with van der Waals surface area (Å²) in [5.74, 6) is 1.14. The topological polar surface area (TPSA) is 44.5 Å². The lowest BCUT2D eigenvalue weighted by Crippen LogP contribution is -2.52. The molecule has 1 fully saturated rings. The molecule has 1 N–H and O–H groups in total. The molecule has 0 saturated carbocycles. The quantitative estimate of drug-likeness (QED) is 0.838. The molecule has 0 unspecified atom stereocenters. The van der Waals surface area contributed by atoms with Crippen molar-refractivity contribution in [1.29, 1.82) is 0 Å². The lowest BCUT2D eigenvalue weighted by atomic mass is 10.0. The van der Waals surface area contributed by atoms with Crippen molar-refractivity contribution in [2.75, 3.05) is 26.2 Å². The number of aliphatic hydroxyl groups excluding tert-OH is 1. The highest BCUT2D eigenvalue weighted by Crippen LogP contribution is 2.19. The van der Waals surface area contributed by atoms with Crippen LogP contribution in [0.3, 0.4) is 0 Å². The van der Waals surface area contributed by atoms with Gasteiger partial charge in [0.2, 0.25) is 0 Å². The third-order valence-corrected chi connectivity index (χ3v) is 5.29. The third-order valence-electron chi connectivity index (χ3n) is 5.29. The zero-order chi connectivity index (χ0) is 17.6. The maximum atomic E-state index is 9.52. The number of aliphatic hydroxyl groups is 1. The van der Waals surface area contributed by atoms with Gasteiger partial charge in [0.25, 0.3) is 0 Å². The first-order valence-electron chi connectivity index (χ1n) is 9.33. The monoisotopic (exact) mass is 342 g/mol. The molecule has 1 aliphatic heterocycles. The number of hydrogen-bond donors (Lipinski definition) is 1. The van der Waals surface area contributed by atoms with Crippen LogP contribution in [0.4, 0.5) is 0 Å². The second-order valence-electron chi connectivity index (χ2n) is 6.93. The van der Waals surface area contributed by atoms with Crippen LogP contribution in [0.15, 0.2) is 36.7 Å². The van der Waals surface area contributed by atoms with Crippen LogP contribution in [0.2, 0.25) is 0 Å². The van der Waals surface area contributed by atoms with Crippen molar-refractivity contribution in [1.82, 2.24) is 19.4 Å². The summed E-state index contributed by atoms with van der Waals surface area (Å²) in [4.78, 5) is 9.51. The molecule has 1 aromatic heterocycles. The molecule has 1 saturated heterocycles. The van der Waals surface area contributed by atoms with E-state index < -0.39 is 0 Å². The van der Waals surface area contributed by atoms with E-state index in [0.29, 0.717) is 6.04 Å². The molecular weight excluding hydrogens is 312 g/mol. The molecule has 5 heteroatoms. The molecular formula is C20H30N4O. The Morgan fingerprint density at radius 2 is 2.04 bits per heavy atom. The number of piperazine rings is 1. The number of nitrogens with zero attached hydrogens (tertiary/aromatic N) is 4. The SMILES string of the molecule is CCn1ccnc1CN1CCN(Cc2ccccc2C)[C@H](CCO)C1. The highest BCUT2D eigenvalue weighted by Gasteiger charge is 2.27. The van der Waals surface area contributed by atoms with Gasteiger partial charge < -0.3 is 9.67 Å². The molecule has 1 aliphatic rings. The molecule has 0 bridgehead atoms. The molecule has 1 aromatic carbocycles. The lowest BCUT2D eigenvalue weighted by molar-refractivity contribution is 0.0481. The van der Waals surface area contributed by atoms with Crippen molar-refractivity contribution in [2.45, 2.75) is 45.9 Å². The Labute approximate surface area is 150 Å². The van der Waals surface area contributed by atoms with Crippen molar-refractivity contribution in [3.8, 4) is 0 Å². The molecule has 5 nitrogen and oxygen atoms in total. The standard InChI is InChI=1S/C20H30N4O/c1-3-23-10-9-21-20(23)16-22-11-12-24(19(15-22)8-13-25)14-18-7-5-4-6-17(18)2/h4-7,9-10,19,25H,3,8,11-16H2,1-2H3/t19-/m1/s1. The lowest BCUT2D eigenvalue weighted by Gasteiger charge is -2.41. The van der Waals surface area contributed by atoms with Crippen LogP contribution in [0.25, 0.3) is 0 Å². The Bertz CT molecular complexity index is 669. The first kappa shape index (κ1) is 18.1. The van der Waals surface area contributed by atoms with E-state index in [1.165, 1.54) is 11.1 Å². The zero-order valence-electron chi connectivity index (χ0n) is 15.4. The van der Waals surface area contributed by atoms with Gasteiger partial charge in [0.15, 0.2) is 0 Å². The van der Waals surface area contributed by atoms with E-state index in [1.54, 1.807) is 0 Å². The van der Waals surface area contributed by atoms with E-state index in [9.17, 15) is 5.11 Å². The second kappa shape index (κ2) is 8.61. The van der Waals surface area contributed by atoms with Gasteiger partial charge in [-0.2, -0.15) is 0 Å². The minimum atomic E-state index is 0.242. The average molecular weight is 342 g/mol. The van der Waals surface area contributed by atoms with E-state index >= 15 is 0 Å². The van der Waals surface area contributed by atoms with Crippen LogP contribution in [0, 0.1) is 6.92 Å². The maximum absolute atomic E-state index is 9.52. The fraction of sp³-hybridized carbons (Fsp3) is 0.550. The summed E-state index contributed by atoms with van der Waals surface area (Å²) in [6, 6.07) is 9.00. The van der Waals surface area contributed by atoms with Gasteiger partial charge in [-0.15, -0.1) is 0 Å². The first-order valence-corrected chi connectivity index (χ1v) is 9.33. The Balaban J connectivity index is 1.65. The molecule has 2 aromatic rings. The Kier molecular flexibility index (Phi) is 6.24. The molecule has 0 spiro atoms. The molecule has 25 heavy (non-hydrogen) atoms. The molecule has 0 amide bonds. The predicted octanol–water partition coefficient (Wildman–Crippen LogP) is 2.28. The van der Waals surface area contributed by atoms with Crippen molar-refractivity contribution in [2.24, 2.45) is 0 Å². The van der Waals surface area contributed by atoms with Crippen LogP contribution < -0.4 is 0 Å². The number of rotatable bonds is 7. The summed E-state index contributed by atoms with van der Waals surface area (Å²) in [5.41, 5.74) is 2.73. The minimum Gasteiger partial charge on any atom is -0.396 e. The van der Waals surface area contributed by atoms with Gasteiger partial charge in [0.05, 0.1) is 6.54 Å². The van der Waals surface area contributed by atoms with Crippen molar-refractivity contribution in [3.63, 3.8) is 0 Å². The Morgan fingerprint density at radius 3 is 2.80 bits per heavy atom. The molecule has 1 atom stereocenters. The molecule has 3 rings (SSSR count). The number of imidazole rings is 1. The number of aryl methyl sites for hydroxylation is 2. The van der Waals surface area contributed by atoms with E-state index in [1.807, 2.05) is 6.20 Å². The van der Waals surface area contributed by atoms with E-state index in [0.717, 1.165) is 51.5 Å². The maximum Gasteiger partial charge on any atom is 0.122 e. The van der Waals surface area contributed by atoms with Gasteiger partial charge in [-0.05, 0) is 31.4 Å². The summed E-state index contributed by atoms with van der Waals surface area (Å²) < 4.78 is 2.21. The normalized spacial score (nSPS) is 19.4. The Hall–Kier alpha value is -1.69. The molecule has 0 aliphatic carbocycles. The summed E-state index contributed by atoms with van der Waals surface area (Å²) in [6.45, 7) is 10.5. The van der Waals surface area contributed by atoms with Crippen LogP contribution in [0.5, 0.6) is 0 Å². The smallest absolute Gasteiger partial charge is 0.122 e. The second-order valence-corrected chi connectivity index (χ2v) is 6.93. The third kappa shape index (κ3) is 4.48. The Morgan fingerprint density at radius 1 is 1.20 bits per heavy atom. The minimum absolute atomic E-state index is 0.242. The predicted molar refractivity (Wildman–Crippen MR) is 100 cm³/mol. The summed E-state index contributed by atoms with van der Waals surface area (Å²) in [6.07, 6.45) is 4.76. The fourth-order valence-electron chi connectivity index (χ4n) is 3.72. The zero-order valence-corrected chi connectivity index (χ0v) is 15.4. The van der Waals surface area contributed by atoms with E-state index in [-0.39, 0.29) is 6.61 Å². The largest absolute Gasteiger partial charge is 0.396 e. The van der Waals surface area contributed by atoms with Crippen molar-refractivity contribution in [3.05, 3.63) is 53.6 Å². The summed E-state index contributed by atoms with van der Waals surface area (Å²) in [5, 5.41) is 9.52. The van der Waals surface area contributed by atoms with E-state index in [4.69, 9.17) is 0 Å². The molecule has 0 radical (unpaired) electrons. The highest BCUT2D eigenvalue weighted by molar-refractivity contribution is 5.25. The van der Waals surface area contributed by atoms with E-state index in [2.05, 4.69) is 63.7 Å². The highest BCUT2D eigenvalue weighted by atomic mass is 16.3. The molecule has 2 heterocycles. The van der Waals surface area contributed by atoms with Gasteiger partial charge in [0.1, 0.15) is 5.82 Å². The van der Waals surface area contributed by atoms with Gasteiger partial charge in [0, 0.05) is 57.8 Å². The first-order chi connectivity index (χ1) is 12.2. The van der Waals surface area contributed by atoms with Gasteiger partial charge in [-0.1, -0.05) is 24.3 Å². The number of aromatic nitrogens is 2. The van der Waals surface area contributed by atoms with Crippen LogP contribution in [-0.4, -0.2) is 56.7 Å². The fourth-order valence-corrected chi connectivity index (χ4v) is 3.72. The number of hydrogen-bond acceptors (Lipinski definition) is 4. The van der Waals surface area contributed by atoms with Gasteiger partial charge in [-0.25, -0.2) is 4.98 Å². The average Bonchev–Trinajstić information content (AvgIpc) is 3.06. The van der Waals surface area contributed by atoms with Gasteiger partial charge >= 0.3 is 0 Å². The van der Waals surface area contributed by atoms with Crippen molar-refractivity contribution < 1.29 is 5.11 Å². The van der Waals surface area contributed by atoms with Crippen LogP contribution in [0.1, 0.15) is 30.3 Å². The van der Waals surface area contributed by atoms with Crippen molar-refractivity contribution >= 4 is 0 Å². The van der Waals surface area contributed by atoms with Crippen LogP contribution >= 0.6 is 0 Å². The van der Waals surface area contributed by atoms with Crippen LogP contribution in [-0.2, 0) is 19.6 Å². The molecule has 136 valence electrons. The summed E-state index contributed by atoms with van der Waals surface area (Å²) >= 11 is 0. The number of benzene rings is 1. The summed E-state index contributed by atoms with van der Waals surface area (Å²) in [7, 11) is 0.